The zero-order valence-corrected chi connectivity index (χ0v) is 11.6. The van der Waals surface area contributed by atoms with Crippen LogP contribution < -0.4 is 15.4 Å². The number of carbonyl (C=O) groups is 1. The number of carboxylic acids is 1. The molecule has 1 aromatic rings. The number of carboxylic acid groups (broad SMARTS) is 1. The number of allylic oxidation sites excluding steroid dienone is 1. The van der Waals surface area contributed by atoms with Gasteiger partial charge in [-0.05, 0) is 18.6 Å². The molecule has 0 saturated carbocycles. The van der Waals surface area contributed by atoms with Crippen LogP contribution in [-0.2, 0) is 9.63 Å². The van der Waals surface area contributed by atoms with Crippen LogP contribution >= 0.6 is 0 Å². The second kappa shape index (κ2) is 6.63. The van der Waals surface area contributed by atoms with Crippen molar-refractivity contribution < 1.29 is 24.2 Å². The van der Waals surface area contributed by atoms with Gasteiger partial charge in [0, 0.05) is 5.56 Å². The highest BCUT2D eigenvalue weighted by Crippen LogP contribution is 2.37. The predicted molar refractivity (Wildman–Crippen MR) is 74.2 cm³/mol. The lowest BCUT2D eigenvalue weighted by Gasteiger charge is -2.15. The minimum Gasteiger partial charge on any atom is -0.493 e. The molecule has 6 heteroatoms. The van der Waals surface area contributed by atoms with Gasteiger partial charge < -0.3 is 19.4 Å². The van der Waals surface area contributed by atoms with Crippen molar-refractivity contribution in [1.82, 2.24) is 0 Å². The molecule has 0 saturated heterocycles. The topological polar surface area (TPSA) is 91.0 Å². The van der Waals surface area contributed by atoms with E-state index in [1.165, 1.54) is 21.1 Å². The Bertz CT molecular complexity index is 563. The molecule has 0 aliphatic rings. The molecule has 1 rings (SSSR count). The number of ether oxygens (including phenoxy) is 2. The monoisotopic (exact) mass is 279 g/mol. The van der Waals surface area contributed by atoms with Crippen molar-refractivity contribution >= 4 is 11.5 Å². The van der Waals surface area contributed by atoms with Crippen LogP contribution in [0.3, 0.4) is 0 Å². The van der Waals surface area contributed by atoms with E-state index in [2.05, 4.69) is 11.4 Å². The van der Waals surface area contributed by atoms with Crippen molar-refractivity contribution in [2.24, 2.45) is 5.90 Å². The molecule has 0 aromatic heterocycles. The lowest BCUT2D eigenvalue weighted by atomic mass is 9.97. The summed E-state index contributed by atoms with van der Waals surface area (Å²) in [4.78, 5) is 15.9. The first-order chi connectivity index (χ1) is 9.47. The molecule has 0 radical (unpaired) electrons. The molecular weight excluding hydrogens is 262 g/mol. The van der Waals surface area contributed by atoms with Gasteiger partial charge in [-0.15, -0.1) is 0 Å². The van der Waals surface area contributed by atoms with Crippen molar-refractivity contribution in [1.29, 1.82) is 0 Å². The smallest absolute Gasteiger partial charge is 0.339 e. The highest BCUT2D eigenvalue weighted by atomic mass is 16.6. The summed E-state index contributed by atoms with van der Waals surface area (Å²) in [5.41, 5.74) is 0.580. The van der Waals surface area contributed by atoms with Crippen LogP contribution in [0.1, 0.15) is 12.5 Å². The summed E-state index contributed by atoms with van der Waals surface area (Å²) in [7, 11) is 2.96. The highest BCUT2D eigenvalue weighted by molar-refractivity contribution is 6.06. The number of hydrogen-bond donors (Lipinski definition) is 2. The molecule has 0 fully saturated rings. The molecule has 0 unspecified atom stereocenters. The van der Waals surface area contributed by atoms with Crippen LogP contribution in [0.2, 0.25) is 0 Å². The van der Waals surface area contributed by atoms with Crippen LogP contribution in [0.4, 0.5) is 0 Å². The van der Waals surface area contributed by atoms with Gasteiger partial charge in [0.15, 0.2) is 11.5 Å². The fourth-order valence-corrected chi connectivity index (χ4v) is 1.81. The molecule has 20 heavy (non-hydrogen) atoms. The Labute approximate surface area is 117 Å². The molecule has 6 nitrogen and oxygen atoms in total. The van der Waals surface area contributed by atoms with Gasteiger partial charge in [0.25, 0.3) is 0 Å². The molecule has 0 bridgehead atoms. The summed E-state index contributed by atoms with van der Waals surface area (Å²) in [6.07, 6.45) is 0. The largest absolute Gasteiger partial charge is 0.493 e. The van der Waals surface area contributed by atoms with Crippen LogP contribution in [0.15, 0.2) is 36.1 Å². The molecule has 0 atom stereocenters. The molecule has 0 heterocycles. The maximum atomic E-state index is 11.3. The van der Waals surface area contributed by atoms with Gasteiger partial charge in [0.2, 0.25) is 0 Å². The van der Waals surface area contributed by atoms with Crippen LogP contribution in [-0.4, -0.2) is 25.3 Å². The van der Waals surface area contributed by atoms with Crippen molar-refractivity contribution in [3.8, 4) is 11.5 Å². The van der Waals surface area contributed by atoms with Crippen LogP contribution in [0, 0.1) is 0 Å². The average Bonchev–Trinajstić information content (AvgIpc) is 2.45. The molecule has 0 aliphatic carbocycles. The second-order valence-corrected chi connectivity index (χ2v) is 3.87. The molecular formula is C14H17NO5. The van der Waals surface area contributed by atoms with Crippen LogP contribution in [0.25, 0.3) is 5.57 Å². The average molecular weight is 279 g/mol. The number of nitrogens with two attached hydrogens (primary N) is 1. The maximum absolute atomic E-state index is 11.3. The van der Waals surface area contributed by atoms with E-state index in [9.17, 15) is 9.90 Å². The van der Waals surface area contributed by atoms with Gasteiger partial charge >= 0.3 is 5.97 Å². The first kappa shape index (κ1) is 15.6. The lowest BCUT2D eigenvalue weighted by molar-refractivity contribution is -0.132. The number of hydrogen-bond acceptors (Lipinski definition) is 5. The van der Waals surface area contributed by atoms with Gasteiger partial charge in [-0.25, -0.2) is 4.79 Å². The fourth-order valence-electron chi connectivity index (χ4n) is 1.81. The number of aliphatic carboxylic acids is 1. The van der Waals surface area contributed by atoms with Crippen molar-refractivity contribution in [3.05, 3.63) is 41.7 Å². The molecule has 108 valence electrons. The van der Waals surface area contributed by atoms with Crippen molar-refractivity contribution in [2.75, 3.05) is 14.2 Å². The number of methoxy groups -OCH3 is 2. The van der Waals surface area contributed by atoms with E-state index < -0.39 is 5.97 Å². The van der Waals surface area contributed by atoms with E-state index in [1.54, 1.807) is 18.2 Å². The number of rotatable bonds is 6. The Morgan fingerprint density at radius 2 is 1.95 bits per heavy atom. The SMILES string of the molecule is C=C(/C(C(=O)O)=C(/C)ON)c1cccc(OC)c1OC. The number of benzene rings is 1. The summed E-state index contributed by atoms with van der Waals surface area (Å²) >= 11 is 0. The quantitative estimate of drug-likeness (QED) is 0.358. The standard InChI is InChI=1S/C14H17NO5/c1-8(12(14(16)17)9(2)20-15)10-6-5-7-11(18-3)13(10)19-4/h5-7H,1,15H2,2-4H3,(H,16,17)/b12-9+. The summed E-state index contributed by atoms with van der Waals surface area (Å²) in [6, 6.07) is 5.09. The lowest BCUT2D eigenvalue weighted by Crippen LogP contribution is -2.10. The normalized spacial score (nSPS) is 11.4. The third-order valence-electron chi connectivity index (χ3n) is 2.77. The minimum absolute atomic E-state index is 0.0485. The first-order valence-electron chi connectivity index (χ1n) is 5.69. The van der Waals surface area contributed by atoms with Gasteiger partial charge in [0.1, 0.15) is 11.3 Å². The third kappa shape index (κ3) is 2.92. The molecule has 0 spiro atoms. The summed E-state index contributed by atoms with van der Waals surface area (Å²) in [5, 5.41) is 9.27. The Morgan fingerprint density at radius 3 is 2.40 bits per heavy atom. The zero-order valence-electron chi connectivity index (χ0n) is 11.6. The second-order valence-electron chi connectivity index (χ2n) is 3.87. The Kier molecular flexibility index (Phi) is 5.16. The van der Waals surface area contributed by atoms with E-state index in [0.29, 0.717) is 17.1 Å². The van der Waals surface area contributed by atoms with E-state index in [-0.39, 0.29) is 16.9 Å². The predicted octanol–water partition coefficient (Wildman–Crippen LogP) is 1.97. The van der Waals surface area contributed by atoms with Crippen molar-refractivity contribution in [3.63, 3.8) is 0 Å². The van der Waals surface area contributed by atoms with E-state index in [1.807, 2.05) is 0 Å². The molecule has 3 N–H and O–H groups in total. The van der Waals surface area contributed by atoms with E-state index in [4.69, 9.17) is 15.4 Å². The first-order valence-corrected chi connectivity index (χ1v) is 5.69. The van der Waals surface area contributed by atoms with Gasteiger partial charge in [-0.1, -0.05) is 18.7 Å². The molecule has 1 aromatic carbocycles. The fraction of sp³-hybridized carbons (Fsp3) is 0.214. The minimum atomic E-state index is -1.19. The Hall–Kier alpha value is -2.47. The van der Waals surface area contributed by atoms with Gasteiger partial charge in [0.05, 0.1) is 14.2 Å². The van der Waals surface area contributed by atoms with Gasteiger partial charge in [-0.2, -0.15) is 5.90 Å². The summed E-state index contributed by atoms with van der Waals surface area (Å²) in [5.74, 6) is 4.76. The maximum Gasteiger partial charge on any atom is 0.339 e. The molecule has 0 aliphatic heterocycles. The Balaban J connectivity index is 3.44. The van der Waals surface area contributed by atoms with Gasteiger partial charge in [-0.3, -0.25) is 0 Å². The molecule has 0 amide bonds. The number of para-hydroxylation sites is 1. The summed E-state index contributed by atoms with van der Waals surface area (Å²) in [6.45, 7) is 5.24. The Morgan fingerprint density at radius 1 is 1.30 bits per heavy atom. The van der Waals surface area contributed by atoms with E-state index in [0.717, 1.165) is 0 Å². The summed E-state index contributed by atoms with van der Waals surface area (Å²) < 4.78 is 10.4. The van der Waals surface area contributed by atoms with Crippen molar-refractivity contribution in [2.45, 2.75) is 6.92 Å². The third-order valence-corrected chi connectivity index (χ3v) is 2.77. The zero-order chi connectivity index (χ0) is 15.3. The highest BCUT2D eigenvalue weighted by Gasteiger charge is 2.22. The van der Waals surface area contributed by atoms with E-state index >= 15 is 0 Å². The van der Waals surface area contributed by atoms with Crippen LogP contribution in [0.5, 0.6) is 11.5 Å².